The van der Waals surface area contributed by atoms with Gasteiger partial charge in [-0.25, -0.2) is 8.78 Å². The maximum atomic E-state index is 13.9. The van der Waals surface area contributed by atoms with E-state index in [1.54, 1.807) is 7.11 Å². The number of aromatic nitrogens is 2. The number of halogens is 2. The molecule has 2 aromatic rings. The summed E-state index contributed by atoms with van der Waals surface area (Å²) in [5, 5.41) is 11.0. The van der Waals surface area contributed by atoms with E-state index in [-0.39, 0.29) is 30.1 Å². The molecule has 1 aromatic carbocycles. The maximum absolute atomic E-state index is 13.9. The lowest BCUT2D eigenvalue weighted by atomic mass is 10.0. The first-order valence-corrected chi connectivity index (χ1v) is 8.88. The second kappa shape index (κ2) is 8.47. The van der Waals surface area contributed by atoms with E-state index in [1.165, 1.54) is 0 Å². The Morgan fingerprint density at radius 1 is 1.39 bits per heavy atom. The van der Waals surface area contributed by atoms with E-state index in [2.05, 4.69) is 15.6 Å². The summed E-state index contributed by atoms with van der Waals surface area (Å²) < 4.78 is 34.1. The highest BCUT2D eigenvalue weighted by atomic mass is 19.1. The highest BCUT2D eigenvalue weighted by Gasteiger charge is 2.30. The normalized spacial score (nSPS) is 16.0. The molecule has 1 atom stereocenters. The zero-order chi connectivity index (χ0) is 20.3. The summed E-state index contributed by atoms with van der Waals surface area (Å²) in [5.74, 6) is -1.57. The number of nitrogens with one attached hydrogen (secondary N) is 1. The number of hydrogen-bond donors (Lipinski definition) is 1. The molecule has 0 spiro atoms. The summed E-state index contributed by atoms with van der Waals surface area (Å²) in [7, 11) is 1.63. The Labute approximate surface area is 161 Å². The van der Waals surface area contributed by atoms with Gasteiger partial charge >= 0.3 is 0 Å². The Bertz CT molecular complexity index is 911. The molecule has 7 nitrogen and oxygen atoms in total. The Balaban J connectivity index is 1.60. The molecular weight excluding hydrogens is 370 g/mol. The Kier molecular flexibility index (Phi) is 6.03. The van der Waals surface area contributed by atoms with Crippen LogP contribution in [0, 0.1) is 25.5 Å². The molecule has 150 valence electrons. The topological polar surface area (TPSA) is 77.7 Å². The van der Waals surface area contributed by atoms with Gasteiger partial charge in [0.1, 0.15) is 11.6 Å². The molecule has 1 aliphatic rings. The second-order valence-corrected chi connectivity index (χ2v) is 6.54. The smallest absolute Gasteiger partial charge is 0.264 e. The van der Waals surface area contributed by atoms with E-state index in [0.29, 0.717) is 13.2 Å². The third kappa shape index (κ3) is 4.19. The predicted octanol–water partition coefficient (Wildman–Crippen LogP) is 2.23. The van der Waals surface area contributed by atoms with Crippen molar-refractivity contribution in [2.24, 2.45) is 5.16 Å². The van der Waals surface area contributed by atoms with Crippen LogP contribution >= 0.6 is 0 Å². The lowest BCUT2D eigenvalue weighted by Gasteiger charge is -2.10. The van der Waals surface area contributed by atoms with Crippen molar-refractivity contribution >= 4 is 11.6 Å². The van der Waals surface area contributed by atoms with Crippen LogP contribution in [0.1, 0.15) is 28.9 Å². The van der Waals surface area contributed by atoms with Crippen molar-refractivity contribution < 1.29 is 23.1 Å². The number of rotatable bonds is 7. The average molecular weight is 392 g/mol. The lowest BCUT2D eigenvalue weighted by Crippen LogP contribution is -2.34. The van der Waals surface area contributed by atoms with E-state index in [1.807, 2.05) is 18.5 Å². The molecule has 28 heavy (non-hydrogen) atoms. The number of methoxy groups -OCH3 is 1. The quantitative estimate of drug-likeness (QED) is 0.784. The molecule has 1 aromatic heterocycles. The van der Waals surface area contributed by atoms with Gasteiger partial charge in [-0.3, -0.25) is 9.48 Å². The highest BCUT2D eigenvalue weighted by Crippen LogP contribution is 2.20. The van der Waals surface area contributed by atoms with Gasteiger partial charge in [0.2, 0.25) is 6.10 Å². The molecule has 1 unspecified atom stereocenters. The number of ether oxygens (including phenoxy) is 1. The van der Waals surface area contributed by atoms with Gasteiger partial charge in [-0.1, -0.05) is 5.16 Å². The molecule has 0 radical (unpaired) electrons. The average Bonchev–Trinajstić information content (AvgIpc) is 3.26. The van der Waals surface area contributed by atoms with Gasteiger partial charge in [-0.15, -0.1) is 0 Å². The molecule has 3 rings (SSSR count). The molecule has 2 heterocycles. The third-order valence-corrected chi connectivity index (χ3v) is 4.68. The van der Waals surface area contributed by atoms with Crippen molar-refractivity contribution in [1.29, 1.82) is 0 Å². The van der Waals surface area contributed by atoms with Crippen molar-refractivity contribution in [3.63, 3.8) is 0 Å². The molecular formula is C19H22F2N4O3. The number of carbonyl (C=O) groups is 1. The monoisotopic (exact) mass is 392 g/mol. The van der Waals surface area contributed by atoms with Crippen LogP contribution in [0.15, 0.2) is 23.4 Å². The second-order valence-electron chi connectivity index (χ2n) is 6.54. The number of hydrogen-bond acceptors (Lipinski definition) is 5. The summed E-state index contributed by atoms with van der Waals surface area (Å²) in [5.41, 5.74) is 2.89. The number of benzene rings is 1. The zero-order valence-electron chi connectivity index (χ0n) is 16.0. The summed E-state index contributed by atoms with van der Waals surface area (Å²) in [6.45, 7) is 5.25. The number of amides is 1. The van der Waals surface area contributed by atoms with Gasteiger partial charge in [0, 0.05) is 36.9 Å². The highest BCUT2D eigenvalue weighted by molar-refractivity contribution is 6.04. The fraction of sp³-hybridized carbons (Fsp3) is 0.421. The standard InChI is InChI=1S/C19H22F2N4O3/c1-11-15(12(2)25(23-11)6-7-27-3)10-22-19(26)18-9-17(24-28-18)14-8-13(20)4-5-16(14)21/h4-5,8,18H,6-7,9-10H2,1-3H3,(H,22,26). The molecule has 1 aliphatic heterocycles. The van der Waals surface area contributed by atoms with Gasteiger partial charge in [0.15, 0.2) is 0 Å². The van der Waals surface area contributed by atoms with Gasteiger partial charge in [0.25, 0.3) is 5.91 Å². The van der Waals surface area contributed by atoms with Crippen molar-refractivity contribution in [3.8, 4) is 0 Å². The van der Waals surface area contributed by atoms with Gasteiger partial charge in [-0.2, -0.15) is 5.10 Å². The fourth-order valence-corrected chi connectivity index (χ4v) is 3.07. The van der Waals surface area contributed by atoms with Crippen LogP contribution in [0.4, 0.5) is 8.78 Å². The van der Waals surface area contributed by atoms with Crippen LogP contribution < -0.4 is 5.32 Å². The lowest BCUT2D eigenvalue weighted by molar-refractivity contribution is -0.131. The van der Waals surface area contributed by atoms with Crippen LogP contribution in [0.3, 0.4) is 0 Å². The first-order valence-electron chi connectivity index (χ1n) is 8.88. The molecule has 0 saturated heterocycles. The summed E-state index contributed by atoms with van der Waals surface area (Å²) >= 11 is 0. The number of aryl methyl sites for hydroxylation is 1. The van der Waals surface area contributed by atoms with E-state index in [9.17, 15) is 13.6 Å². The third-order valence-electron chi connectivity index (χ3n) is 4.68. The van der Waals surface area contributed by atoms with Crippen molar-refractivity contribution in [2.75, 3.05) is 13.7 Å². The van der Waals surface area contributed by atoms with Crippen LogP contribution in [0.5, 0.6) is 0 Å². The number of carbonyl (C=O) groups excluding carboxylic acids is 1. The molecule has 1 amide bonds. The zero-order valence-corrected chi connectivity index (χ0v) is 16.0. The first-order chi connectivity index (χ1) is 13.4. The fourth-order valence-electron chi connectivity index (χ4n) is 3.07. The molecule has 0 bridgehead atoms. The van der Waals surface area contributed by atoms with E-state index in [4.69, 9.17) is 9.57 Å². The minimum absolute atomic E-state index is 0.00130. The summed E-state index contributed by atoms with van der Waals surface area (Å²) in [4.78, 5) is 17.6. The van der Waals surface area contributed by atoms with Crippen LogP contribution in [-0.4, -0.2) is 41.2 Å². The van der Waals surface area contributed by atoms with Gasteiger partial charge in [0.05, 0.1) is 24.6 Å². The number of nitrogens with zero attached hydrogens (tertiary/aromatic N) is 3. The Morgan fingerprint density at radius 2 is 2.18 bits per heavy atom. The van der Waals surface area contributed by atoms with Crippen LogP contribution in [-0.2, 0) is 27.5 Å². The van der Waals surface area contributed by atoms with Crippen LogP contribution in [0.2, 0.25) is 0 Å². The summed E-state index contributed by atoms with van der Waals surface area (Å²) in [6, 6.07) is 3.09. The molecule has 1 N–H and O–H groups in total. The largest absolute Gasteiger partial charge is 0.383 e. The SMILES string of the molecule is COCCn1nc(C)c(CNC(=O)C2CC(c3cc(F)ccc3F)=NO2)c1C. The van der Waals surface area contributed by atoms with Crippen molar-refractivity contribution in [1.82, 2.24) is 15.1 Å². The molecule has 9 heteroatoms. The summed E-state index contributed by atoms with van der Waals surface area (Å²) in [6.07, 6.45) is -0.820. The van der Waals surface area contributed by atoms with E-state index < -0.39 is 17.7 Å². The van der Waals surface area contributed by atoms with E-state index in [0.717, 1.165) is 35.2 Å². The van der Waals surface area contributed by atoms with Gasteiger partial charge in [-0.05, 0) is 32.0 Å². The van der Waals surface area contributed by atoms with Gasteiger partial charge < -0.3 is 14.9 Å². The van der Waals surface area contributed by atoms with Crippen LogP contribution in [0.25, 0.3) is 0 Å². The molecule has 0 saturated carbocycles. The number of oxime groups is 1. The Morgan fingerprint density at radius 3 is 2.93 bits per heavy atom. The minimum Gasteiger partial charge on any atom is -0.383 e. The van der Waals surface area contributed by atoms with Crippen molar-refractivity contribution in [2.45, 2.75) is 39.5 Å². The maximum Gasteiger partial charge on any atom is 0.264 e. The predicted molar refractivity (Wildman–Crippen MR) is 97.8 cm³/mol. The first kappa shape index (κ1) is 19.9. The van der Waals surface area contributed by atoms with E-state index >= 15 is 0 Å². The van der Waals surface area contributed by atoms with Crippen molar-refractivity contribution in [3.05, 3.63) is 52.3 Å². The molecule has 0 fully saturated rings. The minimum atomic E-state index is -0.887. The molecule has 0 aliphatic carbocycles. The Hall–Kier alpha value is -2.81.